The van der Waals surface area contributed by atoms with Crippen molar-refractivity contribution in [2.75, 3.05) is 20.1 Å². The molecule has 0 atom stereocenters. The second-order valence-electron chi connectivity index (χ2n) is 1.97. The van der Waals surface area contributed by atoms with Crippen molar-refractivity contribution >= 4 is 5.91 Å². The Morgan fingerprint density at radius 1 is 1.75 bits per heavy atom. The van der Waals surface area contributed by atoms with Crippen molar-refractivity contribution in [3.63, 3.8) is 0 Å². The second-order valence-corrected chi connectivity index (χ2v) is 1.97. The summed E-state index contributed by atoms with van der Waals surface area (Å²) < 4.78 is 0. The summed E-state index contributed by atoms with van der Waals surface area (Å²) in [4.78, 5) is 10.6. The predicted molar refractivity (Wildman–Crippen MR) is 30.4 cm³/mol. The summed E-state index contributed by atoms with van der Waals surface area (Å²) in [5.74, 6) is 0.392. The van der Waals surface area contributed by atoms with Crippen LogP contribution in [0.5, 0.6) is 0 Å². The van der Waals surface area contributed by atoms with Gasteiger partial charge in [0, 0.05) is 20.1 Å². The zero-order chi connectivity index (χ0) is 5.98. The Morgan fingerprint density at radius 3 is 2.50 bits per heavy atom. The smallest absolute Gasteiger partial charge is 0.225 e. The van der Waals surface area contributed by atoms with Gasteiger partial charge in [-0.05, 0) is 0 Å². The van der Waals surface area contributed by atoms with Gasteiger partial charge in [-0.25, -0.2) is 0 Å². The maximum atomic E-state index is 10.6. The molecule has 3 heteroatoms. The van der Waals surface area contributed by atoms with E-state index >= 15 is 0 Å². The molecule has 1 amide bonds. The fourth-order valence-electron chi connectivity index (χ4n) is 0.678. The van der Waals surface area contributed by atoms with Gasteiger partial charge in [-0.2, -0.15) is 0 Å². The van der Waals surface area contributed by atoms with E-state index in [9.17, 15) is 4.79 Å². The Morgan fingerprint density at radius 2 is 2.38 bits per heavy atom. The minimum absolute atomic E-state index is 0.156. The van der Waals surface area contributed by atoms with Crippen LogP contribution in [-0.2, 0) is 4.79 Å². The van der Waals surface area contributed by atoms with E-state index in [0.29, 0.717) is 0 Å². The van der Waals surface area contributed by atoms with Crippen LogP contribution in [0, 0.1) is 5.92 Å². The fraction of sp³-hybridized carbons (Fsp3) is 0.800. The zero-order valence-corrected chi connectivity index (χ0v) is 4.90. The Kier molecular flexibility index (Phi) is 1.48. The van der Waals surface area contributed by atoms with Crippen molar-refractivity contribution in [2.24, 2.45) is 5.92 Å². The average molecular weight is 114 g/mol. The monoisotopic (exact) mass is 114 g/mol. The third-order valence-electron chi connectivity index (χ3n) is 1.40. The van der Waals surface area contributed by atoms with Gasteiger partial charge < -0.3 is 10.6 Å². The highest BCUT2D eigenvalue weighted by Crippen LogP contribution is 2.00. The van der Waals surface area contributed by atoms with E-state index < -0.39 is 0 Å². The molecule has 1 rings (SSSR count). The third kappa shape index (κ3) is 0.816. The highest BCUT2D eigenvalue weighted by molar-refractivity contribution is 5.79. The maximum Gasteiger partial charge on any atom is 0.225 e. The van der Waals surface area contributed by atoms with Gasteiger partial charge in [-0.1, -0.05) is 0 Å². The SMILES string of the molecule is CNC(=O)C1CNC1. The van der Waals surface area contributed by atoms with E-state index in [-0.39, 0.29) is 11.8 Å². The lowest BCUT2D eigenvalue weighted by Gasteiger charge is -2.24. The van der Waals surface area contributed by atoms with Gasteiger partial charge in [0.15, 0.2) is 0 Å². The van der Waals surface area contributed by atoms with Crippen molar-refractivity contribution in [3.8, 4) is 0 Å². The molecule has 1 aliphatic rings. The molecule has 1 fully saturated rings. The molecule has 8 heavy (non-hydrogen) atoms. The van der Waals surface area contributed by atoms with Crippen LogP contribution in [0.3, 0.4) is 0 Å². The lowest BCUT2D eigenvalue weighted by Crippen LogP contribution is -2.49. The first-order valence-electron chi connectivity index (χ1n) is 2.77. The highest BCUT2D eigenvalue weighted by atomic mass is 16.1. The molecule has 1 aliphatic heterocycles. The first kappa shape index (κ1) is 5.56. The average Bonchev–Trinajstić information content (AvgIpc) is 1.62. The molecule has 46 valence electrons. The van der Waals surface area contributed by atoms with Crippen LogP contribution >= 0.6 is 0 Å². The molecule has 0 unspecified atom stereocenters. The van der Waals surface area contributed by atoms with Gasteiger partial charge in [0.05, 0.1) is 5.92 Å². The molecule has 0 aliphatic carbocycles. The summed E-state index contributed by atoms with van der Waals surface area (Å²) >= 11 is 0. The van der Waals surface area contributed by atoms with Gasteiger partial charge in [0.1, 0.15) is 0 Å². The first-order chi connectivity index (χ1) is 3.84. The predicted octanol–water partition coefficient (Wildman–Crippen LogP) is -1.05. The molecular weight excluding hydrogens is 104 g/mol. The van der Waals surface area contributed by atoms with Crippen LogP contribution in [0.15, 0.2) is 0 Å². The van der Waals surface area contributed by atoms with E-state index in [1.165, 1.54) is 0 Å². The van der Waals surface area contributed by atoms with E-state index in [2.05, 4.69) is 10.6 Å². The number of rotatable bonds is 1. The fourth-order valence-corrected chi connectivity index (χ4v) is 0.678. The molecule has 0 aromatic carbocycles. The van der Waals surface area contributed by atoms with Crippen molar-refractivity contribution in [1.82, 2.24) is 10.6 Å². The Balaban J connectivity index is 2.24. The lowest BCUT2D eigenvalue weighted by atomic mass is 10.0. The summed E-state index contributed by atoms with van der Waals surface area (Å²) in [7, 11) is 1.67. The van der Waals surface area contributed by atoms with Crippen LogP contribution in [0.2, 0.25) is 0 Å². The van der Waals surface area contributed by atoms with Crippen LogP contribution in [0.1, 0.15) is 0 Å². The van der Waals surface area contributed by atoms with Crippen LogP contribution < -0.4 is 10.6 Å². The summed E-state index contributed by atoms with van der Waals surface area (Å²) in [6.07, 6.45) is 0. The number of nitrogens with one attached hydrogen (secondary N) is 2. The topological polar surface area (TPSA) is 41.1 Å². The van der Waals surface area contributed by atoms with Gasteiger partial charge >= 0.3 is 0 Å². The standard InChI is InChI=1S/C5H10N2O/c1-6-5(8)4-2-7-3-4/h4,7H,2-3H2,1H3,(H,6,8). The summed E-state index contributed by atoms with van der Waals surface area (Å²) in [5.41, 5.74) is 0. The van der Waals surface area contributed by atoms with Crippen molar-refractivity contribution in [1.29, 1.82) is 0 Å². The largest absolute Gasteiger partial charge is 0.359 e. The molecule has 2 N–H and O–H groups in total. The number of carbonyl (C=O) groups excluding carboxylic acids is 1. The van der Waals surface area contributed by atoms with Gasteiger partial charge in [-0.3, -0.25) is 4.79 Å². The second kappa shape index (κ2) is 2.13. The van der Waals surface area contributed by atoms with Crippen LogP contribution in [0.4, 0.5) is 0 Å². The molecule has 1 saturated heterocycles. The van der Waals surface area contributed by atoms with Crippen LogP contribution in [0.25, 0.3) is 0 Å². The van der Waals surface area contributed by atoms with E-state index in [1.807, 2.05) is 0 Å². The molecule has 1 heterocycles. The molecule has 0 saturated carbocycles. The Bertz CT molecular complexity index is 98.6. The molecular formula is C5H10N2O. The van der Waals surface area contributed by atoms with Gasteiger partial charge in [0.2, 0.25) is 5.91 Å². The Labute approximate surface area is 48.5 Å². The summed E-state index contributed by atoms with van der Waals surface area (Å²) in [6.45, 7) is 1.69. The van der Waals surface area contributed by atoms with Crippen molar-refractivity contribution in [2.45, 2.75) is 0 Å². The van der Waals surface area contributed by atoms with Gasteiger partial charge in [0.25, 0.3) is 0 Å². The quantitative estimate of drug-likeness (QED) is 0.457. The number of hydrogen-bond acceptors (Lipinski definition) is 2. The normalized spacial score (nSPS) is 19.6. The highest BCUT2D eigenvalue weighted by Gasteiger charge is 2.22. The minimum atomic E-state index is 0.156. The maximum absolute atomic E-state index is 10.6. The number of amides is 1. The molecule has 0 spiro atoms. The Hall–Kier alpha value is -0.570. The van der Waals surface area contributed by atoms with Gasteiger partial charge in [-0.15, -0.1) is 0 Å². The number of carbonyl (C=O) groups is 1. The first-order valence-corrected chi connectivity index (χ1v) is 2.77. The van der Waals surface area contributed by atoms with Crippen molar-refractivity contribution in [3.05, 3.63) is 0 Å². The zero-order valence-electron chi connectivity index (χ0n) is 4.90. The molecule has 0 aromatic heterocycles. The minimum Gasteiger partial charge on any atom is -0.359 e. The van der Waals surface area contributed by atoms with E-state index in [0.717, 1.165) is 13.1 Å². The molecule has 0 bridgehead atoms. The third-order valence-corrected chi connectivity index (χ3v) is 1.40. The molecule has 0 radical (unpaired) electrons. The lowest BCUT2D eigenvalue weighted by molar-refractivity contribution is -0.125. The summed E-state index contributed by atoms with van der Waals surface area (Å²) in [6, 6.07) is 0. The summed E-state index contributed by atoms with van der Waals surface area (Å²) in [5, 5.41) is 5.60. The molecule has 0 aromatic rings. The van der Waals surface area contributed by atoms with Crippen molar-refractivity contribution < 1.29 is 4.79 Å². The van der Waals surface area contributed by atoms with E-state index in [1.54, 1.807) is 7.05 Å². The van der Waals surface area contributed by atoms with Crippen LogP contribution in [-0.4, -0.2) is 26.0 Å². The number of hydrogen-bond donors (Lipinski definition) is 2. The molecule has 3 nitrogen and oxygen atoms in total. The van der Waals surface area contributed by atoms with E-state index in [4.69, 9.17) is 0 Å².